The Hall–Kier alpha value is -1.38. The van der Waals surface area contributed by atoms with Gasteiger partial charge >= 0.3 is 0 Å². The topological polar surface area (TPSA) is 51.3 Å². The van der Waals surface area contributed by atoms with Crippen LogP contribution >= 0.6 is 0 Å². The quantitative estimate of drug-likeness (QED) is 0.331. The molecule has 0 aliphatic rings. The molecule has 0 bridgehead atoms. The summed E-state index contributed by atoms with van der Waals surface area (Å²) in [6, 6.07) is 3.71. The van der Waals surface area contributed by atoms with Crippen molar-refractivity contribution in [3.05, 3.63) is 30.1 Å². The summed E-state index contributed by atoms with van der Waals surface area (Å²) in [4.78, 5) is 3.86. The first-order chi connectivity index (χ1) is 4.43. The van der Waals surface area contributed by atoms with Gasteiger partial charge in [0.05, 0.1) is 6.21 Å². The molecular formula is C6H7N3. The van der Waals surface area contributed by atoms with Crippen molar-refractivity contribution in [1.82, 2.24) is 4.98 Å². The lowest BCUT2D eigenvalue weighted by Crippen LogP contribution is -1.85. The van der Waals surface area contributed by atoms with Gasteiger partial charge in [-0.2, -0.15) is 5.10 Å². The summed E-state index contributed by atoms with van der Waals surface area (Å²) >= 11 is 0. The number of pyridine rings is 1. The number of rotatable bonds is 1. The maximum absolute atomic E-state index is 4.90. The number of hydrogen-bond donors (Lipinski definition) is 1. The second-order valence-electron chi connectivity index (χ2n) is 1.56. The number of hydrogen-bond acceptors (Lipinski definition) is 3. The van der Waals surface area contributed by atoms with Crippen LogP contribution < -0.4 is 5.84 Å². The van der Waals surface area contributed by atoms with Gasteiger partial charge in [0.25, 0.3) is 0 Å². The van der Waals surface area contributed by atoms with Gasteiger partial charge in [0.2, 0.25) is 0 Å². The van der Waals surface area contributed by atoms with Crippen LogP contribution in [-0.4, -0.2) is 11.2 Å². The Balaban J connectivity index is 2.85. The molecule has 46 valence electrons. The largest absolute Gasteiger partial charge is 0.323 e. The van der Waals surface area contributed by atoms with E-state index < -0.39 is 0 Å². The average Bonchev–Trinajstić information content (AvgIpc) is 1.91. The van der Waals surface area contributed by atoms with Crippen molar-refractivity contribution in [3.63, 3.8) is 0 Å². The lowest BCUT2D eigenvalue weighted by atomic mass is 10.3. The first-order valence-electron chi connectivity index (χ1n) is 2.57. The molecule has 9 heavy (non-hydrogen) atoms. The molecule has 2 N–H and O–H groups in total. The predicted octanol–water partition coefficient (Wildman–Crippen LogP) is 0.374. The highest BCUT2D eigenvalue weighted by Crippen LogP contribution is 1.88. The monoisotopic (exact) mass is 121 g/mol. The highest BCUT2D eigenvalue weighted by Gasteiger charge is 1.80. The maximum Gasteiger partial charge on any atom is 0.0553 e. The van der Waals surface area contributed by atoms with Gasteiger partial charge in [0.15, 0.2) is 0 Å². The molecule has 3 nitrogen and oxygen atoms in total. The van der Waals surface area contributed by atoms with Crippen molar-refractivity contribution in [1.29, 1.82) is 0 Å². The zero-order chi connectivity index (χ0) is 6.53. The van der Waals surface area contributed by atoms with E-state index in [1.165, 1.54) is 0 Å². The van der Waals surface area contributed by atoms with Gasteiger partial charge in [0, 0.05) is 18.0 Å². The predicted molar refractivity (Wildman–Crippen MR) is 36.0 cm³/mol. The van der Waals surface area contributed by atoms with Crippen LogP contribution in [0.15, 0.2) is 29.6 Å². The fraction of sp³-hybridized carbons (Fsp3) is 0. The van der Waals surface area contributed by atoms with Crippen LogP contribution in [0.1, 0.15) is 5.56 Å². The first kappa shape index (κ1) is 5.75. The molecule has 1 heterocycles. The second kappa shape index (κ2) is 2.81. The number of nitrogens with zero attached hydrogens (tertiary/aromatic N) is 2. The standard InChI is InChI=1S/C6H7N3/c7-9-5-6-2-1-3-8-4-6/h1-5H,7H2/b9-5-. The third kappa shape index (κ3) is 1.53. The molecule has 0 radical (unpaired) electrons. The summed E-state index contributed by atoms with van der Waals surface area (Å²) in [6.45, 7) is 0. The van der Waals surface area contributed by atoms with E-state index in [-0.39, 0.29) is 0 Å². The average molecular weight is 121 g/mol. The highest BCUT2D eigenvalue weighted by molar-refractivity contribution is 5.78. The van der Waals surface area contributed by atoms with Crippen LogP contribution in [0.25, 0.3) is 0 Å². The molecule has 1 aromatic heterocycles. The SMILES string of the molecule is N/N=C\c1cccnc1. The minimum Gasteiger partial charge on any atom is -0.323 e. The zero-order valence-corrected chi connectivity index (χ0v) is 4.86. The lowest BCUT2D eigenvalue weighted by Gasteiger charge is -1.85. The van der Waals surface area contributed by atoms with Gasteiger partial charge in [-0.15, -0.1) is 0 Å². The number of nitrogens with two attached hydrogens (primary N) is 1. The van der Waals surface area contributed by atoms with Gasteiger partial charge in [-0.1, -0.05) is 6.07 Å². The van der Waals surface area contributed by atoms with E-state index in [1.807, 2.05) is 12.1 Å². The number of hydrazone groups is 1. The minimum atomic E-state index is 0.917. The molecule has 1 rings (SSSR count). The molecule has 0 spiro atoms. The molecule has 1 aromatic rings. The van der Waals surface area contributed by atoms with Crippen molar-refractivity contribution in [3.8, 4) is 0 Å². The fourth-order valence-corrected chi connectivity index (χ4v) is 0.538. The van der Waals surface area contributed by atoms with Gasteiger partial charge in [0.1, 0.15) is 0 Å². The smallest absolute Gasteiger partial charge is 0.0553 e. The van der Waals surface area contributed by atoms with Crippen LogP contribution in [-0.2, 0) is 0 Å². The van der Waals surface area contributed by atoms with Crippen molar-refractivity contribution in [2.24, 2.45) is 10.9 Å². The van der Waals surface area contributed by atoms with Crippen LogP contribution in [0.4, 0.5) is 0 Å². The molecule has 0 unspecified atom stereocenters. The van der Waals surface area contributed by atoms with Crippen molar-refractivity contribution in [2.45, 2.75) is 0 Å². The summed E-state index contributed by atoms with van der Waals surface area (Å²) in [5.74, 6) is 4.90. The van der Waals surface area contributed by atoms with E-state index in [9.17, 15) is 0 Å². The van der Waals surface area contributed by atoms with Gasteiger partial charge in [-0.3, -0.25) is 4.98 Å². The van der Waals surface area contributed by atoms with Gasteiger partial charge in [-0.05, 0) is 6.07 Å². The highest BCUT2D eigenvalue weighted by atomic mass is 15.1. The first-order valence-corrected chi connectivity index (χ1v) is 2.57. The van der Waals surface area contributed by atoms with Crippen molar-refractivity contribution >= 4 is 6.21 Å². The van der Waals surface area contributed by atoms with Crippen LogP contribution in [0.2, 0.25) is 0 Å². The molecule has 0 fully saturated rings. The third-order valence-corrected chi connectivity index (χ3v) is 0.908. The number of aromatic nitrogens is 1. The van der Waals surface area contributed by atoms with Crippen LogP contribution in [0.5, 0.6) is 0 Å². The molecule has 0 saturated carbocycles. The van der Waals surface area contributed by atoms with Crippen LogP contribution in [0.3, 0.4) is 0 Å². The summed E-state index contributed by atoms with van der Waals surface area (Å²) in [5, 5.41) is 3.34. The lowest BCUT2D eigenvalue weighted by molar-refractivity contribution is 1.25. The van der Waals surface area contributed by atoms with E-state index in [1.54, 1.807) is 18.6 Å². The Morgan fingerprint density at radius 2 is 2.56 bits per heavy atom. The summed E-state index contributed by atoms with van der Waals surface area (Å²) in [6.07, 6.45) is 4.94. The van der Waals surface area contributed by atoms with Crippen molar-refractivity contribution < 1.29 is 0 Å². The Kier molecular flexibility index (Phi) is 1.80. The Morgan fingerprint density at radius 3 is 3.11 bits per heavy atom. The van der Waals surface area contributed by atoms with Gasteiger partial charge in [-0.25, -0.2) is 0 Å². The molecule has 0 aliphatic carbocycles. The summed E-state index contributed by atoms with van der Waals surface area (Å²) < 4.78 is 0. The van der Waals surface area contributed by atoms with E-state index in [2.05, 4.69) is 10.1 Å². The van der Waals surface area contributed by atoms with E-state index in [0.29, 0.717) is 0 Å². The van der Waals surface area contributed by atoms with Crippen LogP contribution in [0, 0.1) is 0 Å². The Bertz CT molecular complexity index is 193. The van der Waals surface area contributed by atoms with E-state index in [4.69, 9.17) is 5.84 Å². The zero-order valence-electron chi connectivity index (χ0n) is 4.86. The Morgan fingerprint density at radius 1 is 1.67 bits per heavy atom. The normalized spacial score (nSPS) is 10.2. The van der Waals surface area contributed by atoms with E-state index in [0.717, 1.165) is 5.56 Å². The molecule has 0 atom stereocenters. The molecule has 0 aromatic carbocycles. The molecule has 3 heteroatoms. The molecular weight excluding hydrogens is 114 g/mol. The minimum absolute atomic E-state index is 0.917. The maximum atomic E-state index is 4.90. The third-order valence-electron chi connectivity index (χ3n) is 0.908. The fourth-order valence-electron chi connectivity index (χ4n) is 0.538. The van der Waals surface area contributed by atoms with Crippen molar-refractivity contribution in [2.75, 3.05) is 0 Å². The molecule has 0 aliphatic heterocycles. The summed E-state index contributed by atoms with van der Waals surface area (Å²) in [5.41, 5.74) is 0.917. The van der Waals surface area contributed by atoms with E-state index >= 15 is 0 Å². The molecule has 0 saturated heterocycles. The second-order valence-corrected chi connectivity index (χ2v) is 1.56. The Labute approximate surface area is 53.2 Å². The molecule has 0 amide bonds. The summed E-state index contributed by atoms with van der Waals surface area (Å²) in [7, 11) is 0. The van der Waals surface area contributed by atoms with Gasteiger partial charge < -0.3 is 5.84 Å².